The number of alkyl halides is 3. The molecule has 2 aromatic rings. The molecule has 0 bridgehead atoms. The summed E-state index contributed by atoms with van der Waals surface area (Å²) in [6.45, 7) is 0. The van der Waals surface area contributed by atoms with Crippen LogP contribution in [0.5, 0.6) is 0 Å². The van der Waals surface area contributed by atoms with Crippen LogP contribution in [0.25, 0.3) is 11.3 Å². The van der Waals surface area contributed by atoms with Gasteiger partial charge in [0.2, 0.25) is 0 Å². The highest BCUT2D eigenvalue weighted by molar-refractivity contribution is 7.92. The van der Waals surface area contributed by atoms with Crippen LogP contribution < -0.4 is 5.32 Å². The zero-order valence-corrected chi connectivity index (χ0v) is 19.9. The van der Waals surface area contributed by atoms with Gasteiger partial charge in [0.05, 0.1) is 33.6 Å². The maximum Gasteiger partial charge on any atom is 0.417 e. The molecule has 1 aromatic heterocycles. The molecule has 0 saturated heterocycles. The number of nitriles is 1. The predicted molar refractivity (Wildman–Crippen MR) is 118 cm³/mol. The molecule has 2 N–H and O–H groups in total. The highest BCUT2D eigenvalue weighted by atomic mass is 32.2. The minimum absolute atomic E-state index is 0.208. The number of methoxy groups -OCH3 is 1. The highest BCUT2D eigenvalue weighted by Crippen LogP contribution is 2.40. The standard InChI is InChI=1S/C17H19F3N2O3S.C5H6N2O2/c1-22-15(7-8-21-22)11-3-6-16(14(9-11)17(18,19)20)26(23,24)13-5-4-12(10-13)25-2;6-3-5(1-2-5)7-4(8)9/h3,6-9,12-13H,4-5,10H2,1-2H3;7H,1-2H2,(H,8,9)/t12-,13-;/m1./s1. The van der Waals surface area contributed by atoms with E-state index >= 15 is 0 Å². The molecule has 0 radical (unpaired) electrons. The summed E-state index contributed by atoms with van der Waals surface area (Å²) in [5.74, 6) is 0. The first-order chi connectivity index (χ1) is 16.3. The number of aryl methyl sites for hydroxylation is 1. The molecule has 2 saturated carbocycles. The van der Waals surface area contributed by atoms with Crippen molar-refractivity contribution in [3.8, 4) is 17.3 Å². The molecule has 1 aromatic carbocycles. The van der Waals surface area contributed by atoms with Gasteiger partial charge in [-0.25, -0.2) is 13.2 Å². The lowest BCUT2D eigenvalue weighted by Gasteiger charge is -2.18. The number of sulfone groups is 1. The zero-order valence-electron chi connectivity index (χ0n) is 19.0. The maximum absolute atomic E-state index is 13.6. The van der Waals surface area contributed by atoms with Crippen molar-refractivity contribution in [3.63, 3.8) is 0 Å². The van der Waals surface area contributed by atoms with Crippen molar-refractivity contribution in [3.05, 3.63) is 36.0 Å². The number of nitrogens with zero attached hydrogens (tertiary/aromatic N) is 3. The lowest BCUT2D eigenvalue weighted by Crippen LogP contribution is -2.33. The van der Waals surface area contributed by atoms with Crippen molar-refractivity contribution >= 4 is 15.9 Å². The second-order valence-electron chi connectivity index (χ2n) is 8.51. The molecule has 2 aliphatic carbocycles. The van der Waals surface area contributed by atoms with Gasteiger partial charge < -0.3 is 15.2 Å². The van der Waals surface area contributed by atoms with Crippen LogP contribution >= 0.6 is 0 Å². The number of benzene rings is 1. The van der Waals surface area contributed by atoms with Crippen molar-refractivity contribution < 1.29 is 36.2 Å². The van der Waals surface area contributed by atoms with Crippen LogP contribution in [-0.2, 0) is 27.8 Å². The van der Waals surface area contributed by atoms with Crippen LogP contribution in [-0.4, -0.2) is 53.4 Å². The van der Waals surface area contributed by atoms with Gasteiger partial charge >= 0.3 is 12.3 Å². The van der Waals surface area contributed by atoms with E-state index in [-0.39, 0.29) is 18.1 Å². The quantitative estimate of drug-likeness (QED) is 0.620. The summed E-state index contributed by atoms with van der Waals surface area (Å²) in [5, 5.41) is 21.7. The normalized spacial score (nSPS) is 20.9. The molecule has 9 nitrogen and oxygen atoms in total. The first-order valence-corrected chi connectivity index (χ1v) is 12.3. The molecule has 2 aliphatic rings. The van der Waals surface area contributed by atoms with Crippen LogP contribution in [0.2, 0.25) is 0 Å². The molecule has 190 valence electrons. The number of aromatic nitrogens is 2. The van der Waals surface area contributed by atoms with Crippen LogP contribution in [0, 0.1) is 11.3 Å². The van der Waals surface area contributed by atoms with Gasteiger partial charge in [0.25, 0.3) is 0 Å². The monoisotopic (exact) mass is 514 g/mol. The van der Waals surface area contributed by atoms with Gasteiger partial charge in [0, 0.05) is 25.9 Å². The Morgan fingerprint density at radius 1 is 1.31 bits per heavy atom. The summed E-state index contributed by atoms with van der Waals surface area (Å²) in [6.07, 6.45) is -2.35. The summed E-state index contributed by atoms with van der Waals surface area (Å²) in [7, 11) is -1.03. The van der Waals surface area contributed by atoms with Gasteiger partial charge in [-0.15, -0.1) is 0 Å². The minimum atomic E-state index is -4.78. The van der Waals surface area contributed by atoms with E-state index in [0.29, 0.717) is 31.4 Å². The topological polar surface area (TPSA) is 134 Å². The van der Waals surface area contributed by atoms with Crippen molar-refractivity contribution in [2.75, 3.05) is 7.11 Å². The van der Waals surface area contributed by atoms with Crippen molar-refractivity contribution in [1.29, 1.82) is 5.26 Å². The molecule has 1 heterocycles. The first-order valence-electron chi connectivity index (χ1n) is 10.7. The second kappa shape index (κ2) is 9.87. The molecule has 0 unspecified atom stereocenters. The average molecular weight is 515 g/mol. The number of ether oxygens (including phenoxy) is 1. The van der Waals surface area contributed by atoms with Gasteiger partial charge in [-0.05, 0) is 50.3 Å². The Labute approximate surface area is 200 Å². The summed E-state index contributed by atoms with van der Waals surface area (Å²) >= 11 is 0. The molecule has 4 rings (SSSR count). The lowest BCUT2D eigenvalue weighted by atomic mass is 10.1. The van der Waals surface area contributed by atoms with Gasteiger partial charge in [-0.2, -0.15) is 23.5 Å². The van der Waals surface area contributed by atoms with Crippen molar-refractivity contribution in [2.45, 2.75) is 60.1 Å². The van der Waals surface area contributed by atoms with Gasteiger partial charge in [0.1, 0.15) is 5.54 Å². The Kier molecular flexibility index (Phi) is 7.47. The van der Waals surface area contributed by atoms with Crippen LogP contribution in [0.3, 0.4) is 0 Å². The number of hydrogen-bond acceptors (Lipinski definition) is 6. The number of carbonyl (C=O) groups is 1. The average Bonchev–Trinajstić information content (AvgIpc) is 3.18. The number of nitrogens with one attached hydrogen (secondary N) is 1. The van der Waals surface area contributed by atoms with Gasteiger partial charge in [-0.3, -0.25) is 4.68 Å². The summed E-state index contributed by atoms with van der Waals surface area (Å²) in [6, 6.07) is 6.79. The largest absolute Gasteiger partial charge is 0.465 e. The molecular formula is C22H25F3N4O5S. The SMILES string of the molecule is CO[C@@H]1CC[C@@H](S(=O)(=O)c2ccc(-c3ccnn3C)cc2C(F)(F)F)C1.N#CC1(NC(=O)O)CC1. The molecule has 0 aliphatic heterocycles. The maximum atomic E-state index is 13.6. The molecule has 13 heteroatoms. The van der Waals surface area contributed by atoms with Crippen molar-refractivity contribution in [2.24, 2.45) is 7.05 Å². The molecule has 0 spiro atoms. The van der Waals surface area contributed by atoms with Crippen LogP contribution in [0.15, 0.2) is 35.4 Å². The predicted octanol–water partition coefficient (Wildman–Crippen LogP) is 3.76. The van der Waals surface area contributed by atoms with Crippen LogP contribution in [0.1, 0.15) is 37.7 Å². The number of hydrogen-bond donors (Lipinski definition) is 2. The molecule has 1 amide bonds. The van der Waals surface area contributed by atoms with E-state index in [1.54, 1.807) is 13.1 Å². The molecule has 35 heavy (non-hydrogen) atoms. The third-order valence-corrected chi connectivity index (χ3v) is 8.40. The fraction of sp³-hybridized carbons (Fsp3) is 0.500. The number of halogens is 3. The zero-order chi connectivity index (χ0) is 26.0. The summed E-state index contributed by atoms with van der Waals surface area (Å²) in [4.78, 5) is 9.28. The van der Waals surface area contributed by atoms with E-state index in [4.69, 9.17) is 15.1 Å². The third-order valence-electron chi connectivity index (χ3n) is 6.13. The Morgan fingerprint density at radius 3 is 2.43 bits per heavy atom. The van der Waals surface area contributed by atoms with Gasteiger partial charge in [0.15, 0.2) is 9.84 Å². The molecule has 2 fully saturated rings. The smallest absolute Gasteiger partial charge is 0.417 e. The number of rotatable bonds is 5. The summed E-state index contributed by atoms with van der Waals surface area (Å²) in [5.41, 5.74) is -1.14. The first kappa shape index (κ1) is 26.5. The molecule has 2 atom stereocenters. The second-order valence-corrected chi connectivity index (χ2v) is 10.7. The minimum Gasteiger partial charge on any atom is -0.465 e. The fourth-order valence-corrected chi connectivity index (χ4v) is 6.00. The van der Waals surface area contributed by atoms with E-state index in [2.05, 4.69) is 10.4 Å². The third kappa shape index (κ3) is 5.94. The van der Waals surface area contributed by atoms with E-state index in [1.807, 2.05) is 6.07 Å². The Bertz CT molecular complexity index is 1230. The van der Waals surface area contributed by atoms with E-state index < -0.39 is 43.4 Å². The Balaban J connectivity index is 0.000000320. The van der Waals surface area contributed by atoms with Gasteiger partial charge in [-0.1, -0.05) is 6.07 Å². The Morgan fingerprint density at radius 2 is 2.00 bits per heavy atom. The fourth-order valence-electron chi connectivity index (χ4n) is 3.99. The van der Waals surface area contributed by atoms with E-state index in [9.17, 15) is 26.4 Å². The van der Waals surface area contributed by atoms with E-state index in [1.165, 1.54) is 24.1 Å². The number of carboxylic acid groups (broad SMARTS) is 1. The lowest BCUT2D eigenvalue weighted by molar-refractivity contribution is -0.139. The summed E-state index contributed by atoms with van der Waals surface area (Å²) < 4.78 is 73.2. The molecular weight excluding hydrogens is 489 g/mol. The number of amides is 1. The van der Waals surface area contributed by atoms with E-state index in [0.717, 1.165) is 12.1 Å². The van der Waals surface area contributed by atoms with Crippen molar-refractivity contribution in [1.82, 2.24) is 15.1 Å². The Hall–Kier alpha value is -3.11. The highest BCUT2D eigenvalue weighted by Gasteiger charge is 2.45. The van der Waals surface area contributed by atoms with Crippen LogP contribution in [0.4, 0.5) is 18.0 Å².